The zero-order valence-corrected chi connectivity index (χ0v) is 10.5. The van der Waals surface area contributed by atoms with Gasteiger partial charge in [-0.25, -0.2) is 0 Å². The largest absolute Gasteiger partial charge is 0.496 e. The van der Waals surface area contributed by atoms with Gasteiger partial charge in [-0.3, -0.25) is 4.79 Å². The molecule has 90 valence electrons. The van der Waals surface area contributed by atoms with E-state index in [0.717, 1.165) is 22.1 Å². The monoisotopic (exact) mass is 249 g/mol. The number of benzene rings is 1. The van der Waals surface area contributed by atoms with Crippen LogP contribution in [0.3, 0.4) is 0 Å². The lowest BCUT2D eigenvalue weighted by Crippen LogP contribution is -2.16. The number of carbonyl (C=O) groups is 1. The highest BCUT2D eigenvalue weighted by atomic mass is 32.2. The molecular formula is C13H15NO2S. The van der Waals surface area contributed by atoms with E-state index in [1.165, 1.54) is 0 Å². The third-order valence-electron chi connectivity index (χ3n) is 2.45. The minimum absolute atomic E-state index is 0.0342. The van der Waals surface area contributed by atoms with Gasteiger partial charge < -0.3 is 10.1 Å². The van der Waals surface area contributed by atoms with Gasteiger partial charge >= 0.3 is 0 Å². The number of para-hydroxylation sites is 1. The Morgan fingerprint density at radius 3 is 2.88 bits per heavy atom. The smallest absolute Gasteiger partial charge is 0.232 e. The molecule has 4 heteroatoms. The lowest BCUT2D eigenvalue weighted by molar-refractivity contribution is -0.116. The fourth-order valence-corrected chi connectivity index (χ4v) is 2.35. The van der Waals surface area contributed by atoms with Crippen LogP contribution in [-0.4, -0.2) is 18.3 Å². The molecule has 0 unspecified atom stereocenters. The van der Waals surface area contributed by atoms with Crippen molar-refractivity contribution < 1.29 is 9.53 Å². The summed E-state index contributed by atoms with van der Waals surface area (Å²) in [5.74, 6) is 1.73. The SMILES string of the molecule is CC1=C(CC(=O)Nc2ccccc2)OCCS1. The van der Waals surface area contributed by atoms with Crippen molar-refractivity contribution in [3.05, 3.63) is 41.0 Å². The average molecular weight is 249 g/mol. The minimum Gasteiger partial charge on any atom is -0.496 e. The zero-order chi connectivity index (χ0) is 12.1. The second-order valence-electron chi connectivity index (χ2n) is 3.77. The standard InChI is InChI=1S/C13H15NO2S/c1-10-12(16-7-8-17-10)9-13(15)14-11-5-3-2-4-6-11/h2-6H,7-9H2,1H3,(H,14,15). The van der Waals surface area contributed by atoms with E-state index in [1.54, 1.807) is 11.8 Å². The molecule has 0 aromatic heterocycles. The van der Waals surface area contributed by atoms with Crippen molar-refractivity contribution in [3.8, 4) is 0 Å². The molecule has 0 radical (unpaired) electrons. The average Bonchev–Trinajstić information content (AvgIpc) is 2.33. The molecular weight excluding hydrogens is 234 g/mol. The lowest BCUT2D eigenvalue weighted by Gasteiger charge is -2.18. The summed E-state index contributed by atoms with van der Waals surface area (Å²) in [4.78, 5) is 12.9. The first-order valence-electron chi connectivity index (χ1n) is 5.56. The summed E-state index contributed by atoms with van der Waals surface area (Å²) in [7, 11) is 0. The van der Waals surface area contributed by atoms with Crippen molar-refractivity contribution in [1.82, 2.24) is 0 Å². The molecule has 1 aromatic rings. The number of hydrogen-bond donors (Lipinski definition) is 1. The maximum atomic E-state index is 11.8. The summed E-state index contributed by atoms with van der Waals surface area (Å²) in [5, 5.41) is 2.85. The normalized spacial score (nSPS) is 15.4. The number of carbonyl (C=O) groups excluding carboxylic acids is 1. The molecule has 1 aromatic carbocycles. The van der Waals surface area contributed by atoms with Crippen LogP contribution in [0, 0.1) is 0 Å². The van der Waals surface area contributed by atoms with E-state index >= 15 is 0 Å². The molecule has 17 heavy (non-hydrogen) atoms. The summed E-state index contributed by atoms with van der Waals surface area (Å²) in [5.41, 5.74) is 0.819. The third kappa shape index (κ3) is 3.53. The van der Waals surface area contributed by atoms with Crippen molar-refractivity contribution in [2.45, 2.75) is 13.3 Å². The van der Waals surface area contributed by atoms with Crippen LogP contribution in [0.4, 0.5) is 5.69 Å². The number of thioether (sulfide) groups is 1. The lowest BCUT2D eigenvalue weighted by atomic mass is 10.3. The highest BCUT2D eigenvalue weighted by Gasteiger charge is 2.14. The molecule has 0 atom stereocenters. The molecule has 1 aliphatic rings. The van der Waals surface area contributed by atoms with Gasteiger partial charge in [-0.1, -0.05) is 18.2 Å². The van der Waals surface area contributed by atoms with Crippen LogP contribution in [0.2, 0.25) is 0 Å². The van der Waals surface area contributed by atoms with E-state index < -0.39 is 0 Å². The van der Waals surface area contributed by atoms with Crippen molar-refractivity contribution in [2.24, 2.45) is 0 Å². The highest BCUT2D eigenvalue weighted by molar-refractivity contribution is 8.03. The van der Waals surface area contributed by atoms with E-state index in [0.29, 0.717) is 13.0 Å². The first kappa shape index (κ1) is 12.0. The molecule has 0 fully saturated rings. The highest BCUT2D eigenvalue weighted by Crippen LogP contribution is 2.26. The van der Waals surface area contributed by atoms with Gasteiger partial charge in [0.2, 0.25) is 5.91 Å². The van der Waals surface area contributed by atoms with E-state index in [-0.39, 0.29) is 5.91 Å². The molecule has 1 heterocycles. The van der Waals surface area contributed by atoms with Gasteiger partial charge in [-0.2, -0.15) is 0 Å². The fourth-order valence-electron chi connectivity index (χ4n) is 1.59. The van der Waals surface area contributed by atoms with Gasteiger partial charge in [0.1, 0.15) is 5.76 Å². The quantitative estimate of drug-likeness (QED) is 0.895. The van der Waals surface area contributed by atoms with Crippen molar-refractivity contribution in [2.75, 3.05) is 17.7 Å². The predicted octanol–water partition coefficient (Wildman–Crippen LogP) is 3.01. The zero-order valence-electron chi connectivity index (χ0n) is 9.73. The molecule has 0 spiro atoms. The number of ether oxygens (including phenoxy) is 1. The van der Waals surface area contributed by atoms with Gasteiger partial charge in [-0.05, 0) is 19.1 Å². The maximum Gasteiger partial charge on any atom is 0.232 e. The molecule has 3 nitrogen and oxygen atoms in total. The van der Waals surface area contributed by atoms with Crippen molar-refractivity contribution >= 4 is 23.4 Å². The van der Waals surface area contributed by atoms with Crippen LogP contribution >= 0.6 is 11.8 Å². The topological polar surface area (TPSA) is 38.3 Å². The first-order valence-corrected chi connectivity index (χ1v) is 6.54. The fraction of sp³-hybridized carbons (Fsp3) is 0.308. The van der Waals surface area contributed by atoms with E-state index in [2.05, 4.69) is 5.32 Å². The Hall–Kier alpha value is -1.42. The number of amides is 1. The Morgan fingerprint density at radius 1 is 1.41 bits per heavy atom. The summed E-state index contributed by atoms with van der Waals surface area (Å²) in [6.45, 7) is 2.69. The second kappa shape index (κ2) is 5.77. The molecule has 2 rings (SSSR count). The Labute approximate surface area is 105 Å². The number of rotatable bonds is 3. The van der Waals surface area contributed by atoms with Gasteiger partial charge in [0.25, 0.3) is 0 Å². The van der Waals surface area contributed by atoms with Gasteiger partial charge in [-0.15, -0.1) is 11.8 Å². The van der Waals surface area contributed by atoms with Gasteiger partial charge in [0, 0.05) is 16.3 Å². The van der Waals surface area contributed by atoms with Crippen LogP contribution in [0.5, 0.6) is 0 Å². The summed E-state index contributed by atoms with van der Waals surface area (Å²) < 4.78 is 5.50. The van der Waals surface area contributed by atoms with Crippen LogP contribution in [0.15, 0.2) is 41.0 Å². The Balaban J connectivity index is 1.94. The minimum atomic E-state index is -0.0342. The molecule has 0 saturated heterocycles. The molecule has 0 bridgehead atoms. The van der Waals surface area contributed by atoms with Gasteiger partial charge in [0.15, 0.2) is 0 Å². The molecule has 0 saturated carbocycles. The van der Waals surface area contributed by atoms with Crippen LogP contribution in [-0.2, 0) is 9.53 Å². The van der Waals surface area contributed by atoms with Crippen LogP contribution in [0.25, 0.3) is 0 Å². The molecule has 1 N–H and O–H groups in total. The Bertz CT molecular complexity index is 428. The molecule has 1 aliphatic heterocycles. The summed E-state index contributed by atoms with van der Waals surface area (Å²) in [6.07, 6.45) is 0.313. The van der Waals surface area contributed by atoms with E-state index in [9.17, 15) is 4.79 Å². The Kier molecular flexibility index (Phi) is 4.09. The summed E-state index contributed by atoms with van der Waals surface area (Å²) in [6, 6.07) is 9.45. The van der Waals surface area contributed by atoms with Gasteiger partial charge in [0.05, 0.1) is 13.0 Å². The number of nitrogens with one attached hydrogen (secondary N) is 1. The van der Waals surface area contributed by atoms with Crippen LogP contribution < -0.4 is 5.32 Å². The molecule has 0 aliphatic carbocycles. The van der Waals surface area contributed by atoms with E-state index in [1.807, 2.05) is 37.3 Å². The van der Waals surface area contributed by atoms with E-state index in [4.69, 9.17) is 4.74 Å². The van der Waals surface area contributed by atoms with Crippen molar-refractivity contribution in [1.29, 1.82) is 0 Å². The molecule has 1 amide bonds. The van der Waals surface area contributed by atoms with Crippen LogP contribution in [0.1, 0.15) is 13.3 Å². The second-order valence-corrected chi connectivity index (χ2v) is 5.08. The Morgan fingerprint density at radius 2 is 2.18 bits per heavy atom. The number of anilines is 1. The number of hydrogen-bond acceptors (Lipinski definition) is 3. The van der Waals surface area contributed by atoms with Crippen molar-refractivity contribution in [3.63, 3.8) is 0 Å². The predicted molar refractivity (Wildman–Crippen MR) is 70.8 cm³/mol. The third-order valence-corrected chi connectivity index (χ3v) is 3.48. The maximum absolute atomic E-state index is 11.8. The summed E-state index contributed by atoms with van der Waals surface area (Å²) >= 11 is 1.75. The number of allylic oxidation sites excluding steroid dienone is 1. The first-order chi connectivity index (χ1) is 8.25.